The Labute approximate surface area is 291 Å². The summed E-state index contributed by atoms with van der Waals surface area (Å²) < 4.78 is 0. The van der Waals surface area contributed by atoms with E-state index in [-0.39, 0.29) is 0 Å². The van der Waals surface area contributed by atoms with E-state index in [9.17, 15) is 0 Å². The first-order chi connectivity index (χ1) is 24.8. The Hall–Kier alpha value is -6.71. The molecule has 3 nitrogen and oxygen atoms in total. The molecule has 0 amide bonds. The van der Waals surface area contributed by atoms with E-state index < -0.39 is 0 Å². The van der Waals surface area contributed by atoms with Gasteiger partial charge in [-0.05, 0) is 57.3 Å². The van der Waals surface area contributed by atoms with Gasteiger partial charge in [0.15, 0.2) is 5.82 Å². The van der Waals surface area contributed by atoms with Gasteiger partial charge < -0.3 is 0 Å². The number of benzene rings is 7. The highest BCUT2D eigenvalue weighted by molar-refractivity contribution is 6.13. The van der Waals surface area contributed by atoms with Crippen molar-refractivity contribution in [2.75, 3.05) is 0 Å². The molecular weight excluding hydrogens is 607 g/mol. The predicted molar refractivity (Wildman–Crippen MR) is 207 cm³/mol. The van der Waals surface area contributed by atoms with E-state index in [0.29, 0.717) is 5.82 Å². The molecular formula is C47H31N3. The molecule has 0 bridgehead atoms. The zero-order chi connectivity index (χ0) is 33.3. The molecule has 0 aliphatic rings. The Kier molecular flexibility index (Phi) is 7.49. The lowest BCUT2D eigenvalue weighted by Crippen LogP contribution is -1.96. The fourth-order valence-corrected chi connectivity index (χ4v) is 6.76. The van der Waals surface area contributed by atoms with Crippen LogP contribution in [0.3, 0.4) is 0 Å². The molecule has 234 valence electrons. The molecule has 0 fully saturated rings. The lowest BCUT2D eigenvalue weighted by Gasteiger charge is -2.14. The third kappa shape index (κ3) is 5.61. The zero-order valence-corrected chi connectivity index (χ0v) is 27.2. The average molecular weight is 638 g/mol. The van der Waals surface area contributed by atoms with Gasteiger partial charge in [0.25, 0.3) is 0 Å². The van der Waals surface area contributed by atoms with Gasteiger partial charge in [-0.3, -0.25) is 0 Å². The van der Waals surface area contributed by atoms with Crippen molar-refractivity contribution in [3.63, 3.8) is 0 Å². The SMILES string of the molecule is c1ccc(-c2ccc(-c3cc(-c4ccccc4)nc(-c4cccc(-c5cc(-c6ccccc6)c6c(ccc7ccccc76)n5)c4)n3)cc2)cc1. The first kappa shape index (κ1) is 29.4. The van der Waals surface area contributed by atoms with E-state index >= 15 is 0 Å². The number of hydrogen-bond donors (Lipinski definition) is 0. The standard InChI is InChI=1S/C47H31N3/c1-4-13-32(14-5-1)33-23-25-37(26-24-33)45-31-44(36-18-8-3-9-19-36)49-47(50-45)39-21-12-20-38(29-39)43-30-41(34-15-6-2-7-16-34)46-40-22-11-10-17-35(40)27-28-42(46)48-43/h1-31H. The van der Waals surface area contributed by atoms with Crippen LogP contribution < -0.4 is 0 Å². The van der Waals surface area contributed by atoms with Crippen LogP contribution >= 0.6 is 0 Å². The number of hydrogen-bond acceptors (Lipinski definition) is 3. The summed E-state index contributed by atoms with van der Waals surface area (Å²) in [6, 6.07) is 65.6. The summed E-state index contributed by atoms with van der Waals surface area (Å²) in [5, 5.41) is 3.57. The molecule has 3 heteroatoms. The van der Waals surface area contributed by atoms with Gasteiger partial charge in [-0.25, -0.2) is 15.0 Å². The van der Waals surface area contributed by atoms with Gasteiger partial charge in [0.05, 0.1) is 22.6 Å². The smallest absolute Gasteiger partial charge is 0.160 e. The third-order valence-corrected chi connectivity index (χ3v) is 9.28. The molecule has 2 heterocycles. The molecule has 0 atom stereocenters. The Morgan fingerprint density at radius 3 is 1.54 bits per heavy atom. The molecule has 0 radical (unpaired) electrons. The second-order valence-corrected chi connectivity index (χ2v) is 12.5. The minimum Gasteiger partial charge on any atom is -0.248 e. The number of rotatable bonds is 6. The summed E-state index contributed by atoms with van der Waals surface area (Å²) in [6.07, 6.45) is 0. The molecule has 0 aliphatic heterocycles. The van der Waals surface area contributed by atoms with Crippen molar-refractivity contribution >= 4 is 21.7 Å². The fraction of sp³-hybridized carbons (Fsp3) is 0. The second-order valence-electron chi connectivity index (χ2n) is 12.5. The molecule has 50 heavy (non-hydrogen) atoms. The maximum atomic E-state index is 5.24. The summed E-state index contributed by atoms with van der Waals surface area (Å²) in [4.78, 5) is 15.5. The highest BCUT2D eigenvalue weighted by atomic mass is 14.9. The van der Waals surface area contributed by atoms with Crippen molar-refractivity contribution < 1.29 is 0 Å². The first-order valence-electron chi connectivity index (χ1n) is 16.9. The molecule has 0 aliphatic carbocycles. The molecule has 0 saturated heterocycles. The molecule has 0 N–H and O–H groups in total. The van der Waals surface area contributed by atoms with Crippen LogP contribution in [-0.4, -0.2) is 15.0 Å². The maximum Gasteiger partial charge on any atom is 0.160 e. The summed E-state index contributed by atoms with van der Waals surface area (Å²) >= 11 is 0. The van der Waals surface area contributed by atoms with E-state index in [2.05, 4.69) is 164 Å². The number of aromatic nitrogens is 3. The van der Waals surface area contributed by atoms with Crippen molar-refractivity contribution in [1.29, 1.82) is 0 Å². The summed E-state index contributed by atoms with van der Waals surface area (Å²) in [6.45, 7) is 0. The summed E-state index contributed by atoms with van der Waals surface area (Å²) in [7, 11) is 0. The minimum absolute atomic E-state index is 0.672. The monoisotopic (exact) mass is 637 g/mol. The Morgan fingerprint density at radius 1 is 0.300 bits per heavy atom. The van der Waals surface area contributed by atoms with E-state index in [1.807, 2.05) is 24.3 Å². The van der Waals surface area contributed by atoms with Crippen LogP contribution in [0.5, 0.6) is 0 Å². The second kappa shape index (κ2) is 12.7. The van der Waals surface area contributed by atoms with Crippen LogP contribution in [0.1, 0.15) is 0 Å². The number of pyridine rings is 1. The normalized spacial score (nSPS) is 11.2. The minimum atomic E-state index is 0.672. The van der Waals surface area contributed by atoms with Gasteiger partial charge in [-0.15, -0.1) is 0 Å². The third-order valence-electron chi connectivity index (χ3n) is 9.28. The van der Waals surface area contributed by atoms with Crippen LogP contribution in [0.25, 0.3) is 89.1 Å². The van der Waals surface area contributed by atoms with Crippen molar-refractivity contribution in [3.05, 3.63) is 188 Å². The van der Waals surface area contributed by atoms with E-state index in [1.54, 1.807) is 0 Å². The topological polar surface area (TPSA) is 38.7 Å². The van der Waals surface area contributed by atoms with E-state index in [0.717, 1.165) is 61.4 Å². The van der Waals surface area contributed by atoms with Crippen LogP contribution in [0.15, 0.2) is 188 Å². The lowest BCUT2D eigenvalue weighted by molar-refractivity contribution is 1.18. The maximum absolute atomic E-state index is 5.24. The average Bonchev–Trinajstić information content (AvgIpc) is 3.21. The Morgan fingerprint density at radius 2 is 0.820 bits per heavy atom. The Balaban J connectivity index is 1.18. The highest BCUT2D eigenvalue weighted by Gasteiger charge is 2.15. The van der Waals surface area contributed by atoms with Crippen molar-refractivity contribution in [2.45, 2.75) is 0 Å². The molecule has 0 saturated carbocycles. The lowest BCUT2D eigenvalue weighted by atomic mass is 9.94. The first-order valence-corrected chi connectivity index (χ1v) is 16.9. The van der Waals surface area contributed by atoms with Crippen molar-refractivity contribution in [2.24, 2.45) is 0 Å². The van der Waals surface area contributed by atoms with Crippen LogP contribution in [0.2, 0.25) is 0 Å². The van der Waals surface area contributed by atoms with Crippen LogP contribution in [0.4, 0.5) is 0 Å². The molecule has 7 aromatic carbocycles. The van der Waals surface area contributed by atoms with Gasteiger partial charge in [0.1, 0.15) is 0 Å². The predicted octanol–water partition coefficient (Wildman–Crippen LogP) is 12.2. The molecule has 0 spiro atoms. The Bertz CT molecular complexity index is 2610. The fourth-order valence-electron chi connectivity index (χ4n) is 6.76. The highest BCUT2D eigenvalue weighted by Crippen LogP contribution is 2.37. The quantitative estimate of drug-likeness (QED) is 0.170. The van der Waals surface area contributed by atoms with Gasteiger partial charge >= 0.3 is 0 Å². The van der Waals surface area contributed by atoms with Crippen molar-refractivity contribution in [1.82, 2.24) is 15.0 Å². The van der Waals surface area contributed by atoms with Crippen LogP contribution in [0, 0.1) is 0 Å². The van der Waals surface area contributed by atoms with E-state index in [4.69, 9.17) is 15.0 Å². The van der Waals surface area contributed by atoms with Gasteiger partial charge in [0, 0.05) is 27.6 Å². The molecule has 9 rings (SSSR count). The van der Waals surface area contributed by atoms with Gasteiger partial charge in [0.2, 0.25) is 0 Å². The largest absolute Gasteiger partial charge is 0.248 e. The number of fused-ring (bicyclic) bond motifs is 3. The summed E-state index contributed by atoms with van der Waals surface area (Å²) in [5.41, 5.74) is 12.3. The molecule has 2 aromatic heterocycles. The molecule has 0 unspecified atom stereocenters. The van der Waals surface area contributed by atoms with Gasteiger partial charge in [-0.2, -0.15) is 0 Å². The van der Waals surface area contributed by atoms with Crippen LogP contribution in [-0.2, 0) is 0 Å². The van der Waals surface area contributed by atoms with E-state index in [1.165, 1.54) is 21.9 Å². The van der Waals surface area contributed by atoms with Crippen molar-refractivity contribution in [3.8, 4) is 67.4 Å². The van der Waals surface area contributed by atoms with Gasteiger partial charge in [-0.1, -0.05) is 164 Å². The molecule has 9 aromatic rings. The number of nitrogens with zero attached hydrogens (tertiary/aromatic N) is 3. The summed E-state index contributed by atoms with van der Waals surface area (Å²) in [5.74, 6) is 0.672. The zero-order valence-electron chi connectivity index (χ0n) is 27.2.